The highest BCUT2D eigenvalue weighted by molar-refractivity contribution is 5.92. The van der Waals surface area contributed by atoms with E-state index in [1.165, 1.54) is 0 Å². The Morgan fingerprint density at radius 1 is 0.800 bits per heavy atom. The Bertz CT molecular complexity index is 887. The number of rotatable bonds is 7. The maximum atomic E-state index is 12.7. The van der Waals surface area contributed by atoms with Crippen LogP contribution < -0.4 is 23.8 Å². The molecule has 0 saturated carbocycles. The summed E-state index contributed by atoms with van der Waals surface area (Å²) in [5, 5.41) is 0. The van der Waals surface area contributed by atoms with E-state index in [-0.39, 0.29) is 5.91 Å². The molecule has 1 aliphatic heterocycles. The Balaban J connectivity index is 1.63. The van der Waals surface area contributed by atoms with Crippen LogP contribution in [0.2, 0.25) is 0 Å². The number of methoxy groups -OCH3 is 4. The van der Waals surface area contributed by atoms with Crippen molar-refractivity contribution in [2.24, 2.45) is 0 Å². The molecule has 1 amide bonds. The van der Waals surface area contributed by atoms with Gasteiger partial charge in [-0.3, -0.25) is 4.79 Å². The number of piperazine rings is 1. The third-order valence-electron chi connectivity index (χ3n) is 5.17. The Morgan fingerprint density at radius 3 is 1.97 bits per heavy atom. The van der Waals surface area contributed by atoms with E-state index in [2.05, 4.69) is 4.90 Å². The van der Waals surface area contributed by atoms with Crippen molar-refractivity contribution in [1.82, 2.24) is 4.90 Å². The van der Waals surface area contributed by atoms with E-state index < -0.39 is 0 Å². The number of hydrogen-bond donors (Lipinski definition) is 0. The van der Waals surface area contributed by atoms with Gasteiger partial charge in [0.2, 0.25) is 5.91 Å². The number of benzene rings is 2. The van der Waals surface area contributed by atoms with E-state index in [1.54, 1.807) is 52.7 Å². The van der Waals surface area contributed by atoms with Gasteiger partial charge < -0.3 is 28.7 Å². The number of carbonyl (C=O) groups excluding carboxylic acids is 1. The van der Waals surface area contributed by atoms with E-state index in [4.69, 9.17) is 18.9 Å². The lowest BCUT2D eigenvalue weighted by Gasteiger charge is -2.35. The summed E-state index contributed by atoms with van der Waals surface area (Å²) < 4.78 is 21.3. The van der Waals surface area contributed by atoms with Gasteiger partial charge in [0.25, 0.3) is 0 Å². The molecule has 0 spiro atoms. The minimum atomic E-state index is -0.0266. The summed E-state index contributed by atoms with van der Waals surface area (Å²) >= 11 is 0. The van der Waals surface area contributed by atoms with E-state index in [0.29, 0.717) is 30.3 Å². The first-order valence-corrected chi connectivity index (χ1v) is 9.75. The fourth-order valence-corrected chi connectivity index (χ4v) is 3.43. The summed E-state index contributed by atoms with van der Waals surface area (Å²) in [5.41, 5.74) is 1.88. The monoisotopic (exact) mass is 412 g/mol. The molecule has 0 aromatic heterocycles. The molecule has 160 valence electrons. The van der Waals surface area contributed by atoms with Crippen molar-refractivity contribution in [2.75, 3.05) is 59.5 Å². The van der Waals surface area contributed by atoms with Gasteiger partial charge in [-0.05, 0) is 36.4 Å². The third-order valence-corrected chi connectivity index (χ3v) is 5.17. The zero-order valence-corrected chi connectivity index (χ0v) is 17.9. The standard InChI is InChI=1S/C23H28N2O5/c1-27-19-8-6-18(7-9-19)24-11-13-25(14-12-24)23(26)10-5-17-15-21(29-3)22(30-4)16-20(17)28-2/h5-10,15-16H,11-14H2,1-4H3/b10-5+. The number of hydrogen-bond acceptors (Lipinski definition) is 6. The number of amides is 1. The number of nitrogens with zero attached hydrogens (tertiary/aromatic N) is 2. The van der Waals surface area contributed by atoms with Crippen LogP contribution in [0.1, 0.15) is 5.56 Å². The smallest absolute Gasteiger partial charge is 0.246 e. The maximum absolute atomic E-state index is 12.7. The zero-order chi connectivity index (χ0) is 21.5. The van der Waals surface area contributed by atoms with Gasteiger partial charge in [-0.2, -0.15) is 0 Å². The Morgan fingerprint density at radius 2 is 1.40 bits per heavy atom. The quantitative estimate of drug-likeness (QED) is 0.652. The second kappa shape index (κ2) is 9.91. The summed E-state index contributed by atoms with van der Waals surface area (Å²) in [6.07, 6.45) is 3.33. The van der Waals surface area contributed by atoms with E-state index in [1.807, 2.05) is 29.2 Å². The van der Waals surface area contributed by atoms with Crippen molar-refractivity contribution in [2.45, 2.75) is 0 Å². The molecule has 1 aliphatic rings. The molecule has 2 aromatic carbocycles. The topological polar surface area (TPSA) is 60.5 Å². The summed E-state index contributed by atoms with van der Waals surface area (Å²) in [6.45, 7) is 2.90. The lowest BCUT2D eigenvalue weighted by Crippen LogP contribution is -2.48. The average Bonchev–Trinajstić information content (AvgIpc) is 2.82. The molecule has 0 N–H and O–H groups in total. The fourth-order valence-electron chi connectivity index (χ4n) is 3.43. The van der Waals surface area contributed by atoms with Crippen LogP contribution >= 0.6 is 0 Å². The molecule has 1 saturated heterocycles. The Labute approximate surface area is 177 Å². The number of ether oxygens (including phenoxy) is 4. The summed E-state index contributed by atoms with van der Waals surface area (Å²) in [7, 11) is 6.39. The molecule has 30 heavy (non-hydrogen) atoms. The molecule has 3 rings (SSSR count). The van der Waals surface area contributed by atoms with Crippen molar-refractivity contribution in [1.29, 1.82) is 0 Å². The zero-order valence-electron chi connectivity index (χ0n) is 17.9. The van der Waals surface area contributed by atoms with Gasteiger partial charge in [-0.15, -0.1) is 0 Å². The molecular formula is C23H28N2O5. The van der Waals surface area contributed by atoms with Crippen LogP contribution in [0.15, 0.2) is 42.5 Å². The summed E-state index contributed by atoms with van der Waals surface area (Å²) in [5.74, 6) is 2.58. The molecule has 0 bridgehead atoms. The van der Waals surface area contributed by atoms with E-state index in [0.717, 1.165) is 30.1 Å². The summed E-state index contributed by atoms with van der Waals surface area (Å²) in [4.78, 5) is 16.8. The van der Waals surface area contributed by atoms with E-state index >= 15 is 0 Å². The lowest BCUT2D eigenvalue weighted by atomic mass is 10.1. The molecule has 2 aromatic rings. The highest BCUT2D eigenvalue weighted by Crippen LogP contribution is 2.35. The molecule has 7 nitrogen and oxygen atoms in total. The van der Waals surface area contributed by atoms with Crippen LogP contribution in [0.25, 0.3) is 6.08 Å². The second-order valence-corrected chi connectivity index (χ2v) is 6.79. The molecule has 1 heterocycles. The normalized spacial score (nSPS) is 14.0. The lowest BCUT2D eigenvalue weighted by molar-refractivity contribution is -0.126. The van der Waals surface area contributed by atoms with Crippen molar-refractivity contribution < 1.29 is 23.7 Å². The van der Waals surface area contributed by atoms with E-state index in [9.17, 15) is 4.79 Å². The van der Waals surface area contributed by atoms with Gasteiger partial charge >= 0.3 is 0 Å². The summed E-state index contributed by atoms with van der Waals surface area (Å²) in [6, 6.07) is 11.5. The molecular weight excluding hydrogens is 384 g/mol. The molecule has 1 fully saturated rings. The van der Waals surface area contributed by atoms with Crippen molar-refractivity contribution in [3.63, 3.8) is 0 Å². The van der Waals surface area contributed by atoms with Gasteiger partial charge in [0, 0.05) is 49.6 Å². The maximum Gasteiger partial charge on any atom is 0.246 e. The molecule has 0 atom stereocenters. The van der Waals surface area contributed by atoms with Crippen LogP contribution in [0.3, 0.4) is 0 Å². The predicted octanol–water partition coefficient (Wildman–Crippen LogP) is 3.08. The number of anilines is 1. The predicted molar refractivity (Wildman–Crippen MR) is 117 cm³/mol. The van der Waals surface area contributed by atoms with Crippen LogP contribution in [0.5, 0.6) is 23.0 Å². The number of carbonyl (C=O) groups is 1. The highest BCUT2D eigenvalue weighted by Gasteiger charge is 2.20. The van der Waals surface area contributed by atoms with Gasteiger partial charge in [-0.25, -0.2) is 0 Å². The van der Waals surface area contributed by atoms with Gasteiger partial charge in [0.15, 0.2) is 11.5 Å². The molecule has 7 heteroatoms. The fraction of sp³-hybridized carbons (Fsp3) is 0.348. The van der Waals surface area contributed by atoms with Gasteiger partial charge in [0.05, 0.1) is 28.4 Å². The first-order chi connectivity index (χ1) is 14.6. The van der Waals surface area contributed by atoms with Crippen LogP contribution in [0.4, 0.5) is 5.69 Å². The van der Waals surface area contributed by atoms with Crippen molar-refractivity contribution in [3.05, 3.63) is 48.0 Å². The first kappa shape index (κ1) is 21.4. The highest BCUT2D eigenvalue weighted by atomic mass is 16.5. The van der Waals surface area contributed by atoms with Gasteiger partial charge in [0.1, 0.15) is 11.5 Å². The van der Waals surface area contributed by atoms with Crippen LogP contribution in [-0.2, 0) is 4.79 Å². The van der Waals surface area contributed by atoms with Crippen molar-refractivity contribution >= 4 is 17.7 Å². The Hall–Kier alpha value is -3.35. The van der Waals surface area contributed by atoms with Gasteiger partial charge in [-0.1, -0.05) is 0 Å². The Kier molecular flexibility index (Phi) is 7.06. The molecule has 0 unspecified atom stereocenters. The van der Waals surface area contributed by atoms with Crippen LogP contribution in [0, 0.1) is 0 Å². The largest absolute Gasteiger partial charge is 0.497 e. The molecule has 0 radical (unpaired) electrons. The minimum Gasteiger partial charge on any atom is -0.497 e. The second-order valence-electron chi connectivity index (χ2n) is 6.79. The minimum absolute atomic E-state index is 0.0266. The average molecular weight is 412 g/mol. The van der Waals surface area contributed by atoms with Crippen LogP contribution in [-0.4, -0.2) is 65.4 Å². The molecule has 0 aliphatic carbocycles. The first-order valence-electron chi connectivity index (χ1n) is 9.75. The third kappa shape index (κ3) is 4.79. The van der Waals surface area contributed by atoms with Crippen molar-refractivity contribution in [3.8, 4) is 23.0 Å². The SMILES string of the molecule is COc1ccc(N2CCN(C(=O)/C=C/c3cc(OC)c(OC)cc3OC)CC2)cc1.